The third kappa shape index (κ3) is 5.86. The highest BCUT2D eigenvalue weighted by atomic mass is 35.5. The molecular weight excluding hydrogens is 527 g/mol. The molecule has 0 amide bonds. The SMILES string of the molecule is Cc1ccc(COc2ccc(Cl)cc2C=Nn2c(-c3cccc(C(F)(F)F)c3)nc3ccccc3c2=O)cc1. The fourth-order valence-electron chi connectivity index (χ4n) is 3.97. The maximum atomic E-state index is 13.4. The van der Waals surface area contributed by atoms with E-state index < -0.39 is 17.3 Å². The van der Waals surface area contributed by atoms with E-state index in [1.165, 1.54) is 18.3 Å². The molecule has 0 fully saturated rings. The number of para-hydroxylation sites is 1. The number of ether oxygens (including phenoxy) is 1. The number of aryl methyl sites for hydroxylation is 1. The topological polar surface area (TPSA) is 56.5 Å². The first-order valence-corrected chi connectivity index (χ1v) is 12.3. The molecule has 0 saturated heterocycles. The summed E-state index contributed by atoms with van der Waals surface area (Å²) in [5.74, 6) is 0.427. The van der Waals surface area contributed by atoms with Gasteiger partial charge in [-0.05, 0) is 55.0 Å². The molecule has 0 aliphatic carbocycles. The van der Waals surface area contributed by atoms with Crippen molar-refractivity contribution in [3.05, 3.63) is 129 Å². The van der Waals surface area contributed by atoms with E-state index in [4.69, 9.17) is 16.3 Å². The second-order valence-electron chi connectivity index (χ2n) is 8.85. The van der Waals surface area contributed by atoms with Gasteiger partial charge in [0, 0.05) is 16.1 Å². The second kappa shape index (κ2) is 10.7. The molecule has 39 heavy (non-hydrogen) atoms. The van der Waals surface area contributed by atoms with Gasteiger partial charge in [-0.15, -0.1) is 0 Å². The predicted octanol–water partition coefficient (Wildman–Crippen LogP) is 7.51. The van der Waals surface area contributed by atoms with Crippen LogP contribution in [0.2, 0.25) is 5.02 Å². The number of benzene rings is 4. The van der Waals surface area contributed by atoms with Crippen LogP contribution < -0.4 is 10.3 Å². The molecule has 0 aliphatic heterocycles. The lowest BCUT2D eigenvalue weighted by Crippen LogP contribution is -2.20. The molecule has 0 radical (unpaired) electrons. The summed E-state index contributed by atoms with van der Waals surface area (Å²) in [6, 6.07) is 24.1. The van der Waals surface area contributed by atoms with E-state index in [1.807, 2.05) is 31.2 Å². The summed E-state index contributed by atoms with van der Waals surface area (Å²) >= 11 is 6.23. The normalized spacial score (nSPS) is 11.8. The predicted molar refractivity (Wildman–Crippen MR) is 146 cm³/mol. The largest absolute Gasteiger partial charge is 0.488 e. The fourth-order valence-corrected chi connectivity index (χ4v) is 4.15. The standard InChI is InChI=1S/C30H21ClF3N3O2/c1-19-9-11-20(12-10-19)18-39-27-14-13-24(31)16-22(27)17-35-37-28(21-5-4-6-23(15-21)30(32,33)34)36-26-8-3-2-7-25(26)29(37)38/h2-17H,18H2,1H3. The zero-order chi connectivity index (χ0) is 27.6. The maximum absolute atomic E-state index is 13.4. The van der Waals surface area contributed by atoms with Crippen molar-refractivity contribution in [1.29, 1.82) is 0 Å². The molecule has 5 aromatic rings. The molecule has 5 nitrogen and oxygen atoms in total. The second-order valence-corrected chi connectivity index (χ2v) is 9.29. The highest BCUT2D eigenvalue weighted by molar-refractivity contribution is 6.30. The number of halogens is 4. The quantitative estimate of drug-likeness (QED) is 0.207. The van der Waals surface area contributed by atoms with E-state index in [9.17, 15) is 18.0 Å². The van der Waals surface area contributed by atoms with Crippen molar-refractivity contribution in [2.24, 2.45) is 5.10 Å². The van der Waals surface area contributed by atoms with Gasteiger partial charge in [-0.1, -0.05) is 65.7 Å². The van der Waals surface area contributed by atoms with E-state index in [0.29, 0.717) is 21.9 Å². The Bertz CT molecular complexity index is 1750. The van der Waals surface area contributed by atoms with Crippen LogP contribution >= 0.6 is 11.6 Å². The van der Waals surface area contributed by atoms with Gasteiger partial charge in [0.05, 0.1) is 22.7 Å². The molecule has 9 heteroatoms. The van der Waals surface area contributed by atoms with Gasteiger partial charge < -0.3 is 4.74 Å². The highest BCUT2D eigenvalue weighted by Crippen LogP contribution is 2.32. The average Bonchev–Trinajstić information content (AvgIpc) is 2.92. The Balaban J connectivity index is 1.59. The summed E-state index contributed by atoms with van der Waals surface area (Å²) in [5.41, 5.74) is 1.60. The summed E-state index contributed by atoms with van der Waals surface area (Å²) in [5, 5.41) is 5.05. The van der Waals surface area contributed by atoms with Gasteiger partial charge in [-0.2, -0.15) is 22.9 Å². The van der Waals surface area contributed by atoms with Crippen LogP contribution in [0.4, 0.5) is 13.2 Å². The van der Waals surface area contributed by atoms with Crippen LogP contribution in [0, 0.1) is 6.92 Å². The summed E-state index contributed by atoms with van der Waals surface area (Å²) in [6.07, 6.45) is -3.18. The van der Waals surface area contributed by atoms with Crippen LogP contribution in [0.3, 0.4) is 0 Å². The molecule has 4 aromatic carbocycles. The number of rotatable bonds is 6. The number of nitrogens with zero attached hydrogens (tertiary/aromatic N) is 3. The molecule has 5 rings (SSSR count). The maximum Gasteiger partial charge on any atom is 0.416 e. The van der Waals surface area contributed by atoms with Gasteiger partial charge in [0.1, 0.15) is 12.4 Å². The Morgan fingerprint density at radius 2 is 1.74 bits per heavy atom. The minimum absolute atomic E-state index is 0.0369. The monoisotopic (exact) mass is 547 g/mol. The van der Waals surface area contributed by atoms with E-state index in [-0.39, 0.29) is 23.4 Å². The van der Waals surface area contributed by atoms with Crippen molar-refractivity contribution in [2.45, 2.75) is 19.7 Å². The molecule has 1 heterocycles. The van der Waals surface area contributed by atoms with Gasteiger partial charge in [0.25, 0.3) is 5.56 Å². The smallest absolute Gasteiger partial charge is 0.416 e. The third-order valence-electron chi connectivity index (χ3n) is 6.00. The molecule has 0 atom stereocenters. The molecule has 196 valence electrons. The Labute approximate surface area is 226 Å². The van der Waals surface area contributed by atoms with Gasteiger partial charge in [-0.25, -0.2) is 4.98 Å². The molecule has 0 saturated carbocycles. The number of aromatic nitrogens is 2. The van der Waals surface area contributed by atoms with Crippen LogP contribution in [0.1, 0.15) is 22.3 Å². The van der Waals surface area contributed by atoms with Crippen LogP contribution in [0.5, 0.6) is 5.75 Å². The number of fused-ring (bicyclic) bond motifs is 1. The van der Waals surface area contributed by atoms with E-state index >= 15 is 0 Å². The Hall–Kier alpha value is -4.43. The Kier molecular flexibility index (Phi) is 7.21. The van der Waals surface area contributed by atoms with E-state index in [0.717, 1.165) is 27.9 Å². The number of alkyl halides is 3. The Morgan fingerprint density at radius 1 is 0.974 bits per heavy atom. The van der Waals surface area contributed by atoms with Crippen molar-refractivity contribution in [1.82, 2.24) is 9.66 Å². The van der Waals surface area contributed by atoms with Gasteiger partial charge in [0.2, 0.25) is 0 Å². The first kappa shape index (κ1) is 26.2. The van der Waals surface area contributed by atoms with Crippen molar-refractivity contribution >= 4 is 28.7 Å². The molecular formula is C30H21ClF3N3O2. The lowest BCUT2D eigenvalue weighted by atomic mass is 10.1. The van der Waals surface area contributed by atoms with E-state index in [1.54, 1.807) is 42.5 Å². The average molecular weight is 548 g/mol. The molecule has 0 N–H and O–H groups in total. The Morgan fingerprint density at radius 3 is 2.51 bits per heavy atom. The van der Waals surface area contributed by atoms with E-state index in [2.05, 4.69) is 10.1 Å². The minimum atomic E-state index is -4.56. The van der Waals surface area contributed by atoms with Crippen molar-refractivity contribution in [3.63, 3.8) is 0 Å². The third-order valence-corrected chi connectivity index (χ3v) is 6.24. The molecule has 0 unspecified atom stereocenters. The molecule has 0 aliphatic rings. The molecule has 1 aromatic heterocycles. The fraction of sp³-hybridized carbons (Fsp3) is 0.100. The summed E-state index contributed by atoms with van der Waals surface area (Å²) in [4.78, 5) is 17.9. The summed E-state index contributed by atoms with van der Waals surface area (Å²) < 4.78 is 47.3. The summed E-state index contributed by atoms with van der Waals surface area (Å²) in [7, 11) is 0. The first-order chi connectivity index (χ1) is 18.7. The minimum Gasteiger partial charge on any atom is -0.488 e. The zero-order valence-corrected chi connectivity index (χ0v) is 21.4. The van der Waals surface area contributed by atoms with Crippen LogP contribution in [0.15, 0.2) is 101 Å². The van der Waals surface area contributed by atoms with Crippen LogP contribution in [-0.4, -0.2) is 15.9 Å². The lowest BCUT2D eigenvalue weighted by molar-refractivity contribution is -0.137. The highest BCUT2D eigenvalue weighted by Gasteiger charge is 2.31. The van der Waals surface area contributed by atoms with Gasteiger partial charge in [0.15, 0.2) is 5.82 Å². The van der Waals surface area contributed by atoms with Crippen molar-refractivity contribution in [2.75, 3.05) is 0 Å². The lowest BCUT2D eigenvalue weighted by Gasteiger charge is -2.13. The molecule has 0 spiro atoms. The van der Waals surface area contributed by atoms with Gasteiger partial charge in [-0.3, -0.25) is 4.79 Å². The zero-order valence-electron chi connectivity index (χ0n) is 20.6. The van der Waals surface area contributed by atoms with Crippen molar-refractivity contribution < 1.29 is 17.9 Å². The van der Waals surface area contributed by atoms with Crippen molar-refractivity contribution in [3.8, 4) is 17.1 Å². The van der Waals surface area contributed by atoms with Crippen LogP contribution in [-0.2, 0) is 12.8 Å². The van der Waals surface area contributed by atoms with Gasteiger partial charge >= 0.3 is 6.18 Å². The first-order valence-electron chi connectivity index (χ1n) is 11.9. The number of hydrogen-bond donors (Lipinski definition) is 0. The molecule has 0 bridgehead atoms. The number of hydrogen-bond acceptors (Lipinski definition) is 4. The van der Waals surface area contributed by atoms with Crippen LogP contribution in [0.25, 0.3) is 22.3 Å². The summed E-state index contributed by atoms with van der Waals surface area (Å²) in [6.45, 7) is 2.28.